The Kier molecular flexibility index (Phi) is 5.09. The van der Waals surface area contributed by atoms with Crippen molar-refractivity contribution in [1.82, 2.24) is 4.90 Å². The van der Waals surface area contributed by atoms with Crippen molar-refractivity contribution in [2.24, 2.45) is 11.8 Å². The van der Waals surface area contributed by atoms with Crippen LogP contribution in [0, 0.1) is 11.8 Å². The van der Waals surface area contributed by atoms with E-state index >= 15 is 0 Å². The first kappa shape index (κ1) is 12.5. The van der Waals surface area contributed by atoms with Crippen LogP contribution in [0.1, 0.15) is 39.5 Å². The maximum atomic E-state index is 11.9. The number of hydrogen-bond acceptors (Lipinski definition) is 2. The minimum Gasteiger partial charge on any atom is -0.396 e. The zero-order valence-electron chi connectivity index (χ0n) is 9.91. The number of piperidine rings is 1. The van der Waals surface area contributed by atoms with E-state index in [4.69, 9.17) is 5.11 Å². The summed E-state index contributed by atoms with van der Waals surface area (Å²) in [7, 11) is 0. The minimum absolute atomic E-state index is 0.215. The quantitative estimate of drug-likeness (QED) is 0.771. The molecule has 0 radical (unpaired) electrons. The monoisotopic (exact) mass is 213 g/mol. The number of carbonyl (C=O) groups excluding carboxylic acids is 1. The lowest BCUT2D eigenvalue weighted by atomic mass is 9.97. The zero-order valence-corrected chi connectivity index (χ0v) is 9.91. The third-order valence-electron chi connectivity index (χ3n) is 3.35. The second-order valence-corrected chi connectivity index (χ2v) is 4.75. The lowest BCUT2D eigenvalue weighted by molar-refractivity contribution is -0.134. The second-order valence-electron chi connectivity index (χ2n) is 4.75. The van der Waals surface area contributed by atoms with Crippen LogP contribution >= 0.6 is 0 Å². The summed E-state index contributed by atoms with van der Waals surface area (Å²) in [5.74, 6) is 1.05. The fourth-order valence-electron chi connectivity index (χ4n) is 2.01. The van der Waals surface area contributed by atoms with Crippen LogP contribution in [0.2, 0.25) is 0 Å². The summed E-state index contributed by atoms with van der Waals surface area (Å²) in [4.78, 5) is 13.8. The SMILES string of the molecule is CC[C@@H](C)CC(=O)N1CCC[C@H](CO)C1. The summed E-state index contributed by atoms with van der Waals surface area (Å²) < 4.78 is 0. The van der Waals surface area contributed by atoms with Gasteiger partial charge in [0.05, 0.1) is 0 Å². The van der Waals surface area contributed by atoms with Gasteiger partial charge in [-0.25, -0.2) is 0 Å². The highest BCUT2D eigenvalue weighted by Gasteiger charge is 2.23. The third-order valence-corrected chi connectivity index (χ3v) is 3.35. The lowest BCUT2D eigenvalue weighted by Crippen LogP contribution is -2.41. The smallest absolute Gasteiger partial charge is 0.222 e. The van der Waals surface area contributed by atoms with Gasteiger partial charge in [0.2, 0.25) is 5.91 Å². The Balaban J connectivity index is 2.38. The van der Waals surface area contributed by atoms with Crippen LogP contribution in [0.25, 0.3) is 0 Å². The van der Waals surface area contributed by atoms with E-state index in [1.165, 1.54) is 0 Å². The highest BCUT2D eigenvalue weighted by atomic mass is 16.3. The van der Waals surface area contributed by atoms with Gasteiger partial charge in [-0.2, -0.15) is 0 Å². The van der Waals surface area contributed by atoms with Gasteiger partial charge in [-0.1, -0.05) is 20.3 Å². The molecule has 0 unspecified atom stereocenters. The van der Waals surface area contributed by atoms with Gasteiger partial charge >= 0.3 is 0 Å². The zero-order chi connectivity index (χ0) is 11.3. The standard InChI is InChI=1S/C12H23NO2/c1-3-10(2)7-12(15)13-6-4-5-11(8-13)9-14/h10-11,14H,3-9H2,1-2H3/t10-,11+/m1/s1. The van der Waals surface area contributed by atoms with Crippen molar-refractivity contribution in [2.45, 2.75) is 39.5 Å². The molecule has 0 bridgehead atoms. The molecule has 15 heavy (non-hydrogen) atoms. The van der Waals surface area contributed by atoms with Crippen molar-refractivity contribution in [3.8, 4) is 0 Å². The van der Waals surface area contributed by atoms with Gasteiger partial charge in [-0.15, -0.1) is 0 Å². The van der Waals surface area contributed by atoms with Gasteiger partial charge in [-0.3, -0.25) is 4.79 Å². The molecule has 1 N–H and O–H groups in total. The summed E-state index contributed by atoms with van der Waals surface area (Å²) in [6.45, 7) is 6.08. The Morgan fingerprint density at radius 3 is 2.93 bits per heavy atom. The van der Waals surface area contributed by atoms with Gasteiger partial charge in [0.1, 0.15) is 0 Å². The number of rotatable bonds is 4. The van der Waals surface area contributed by atoms with Gasteiger partial charge in [0, 0.05) is 26.1 Å². The van der Waals surface area contributed by atoms with E-state index < -0.39 is 0 Å². The van der Waals surface area contributed by atoms with Gasteiger partial charge in [-0.05, 0) is 24.7 Å². The number of amides is 1. The average molecular weight is 213 g/mol. The first-order valence-electron chi connectivity index (χ1n) is 6.06. The maximum absolute atomic E-state index is 11.9. The van der Waals surface area contributed by atoms with Crippen molar-refractivity contribution in [3.05, 3.63) is 0 Å². The fourth-order valence-corrected chi connectivity index (χ4v) is 2.01. The molecule has 1 amide bonds. The van der Waals surface area contributed by atoms with E-state index in [9.17, 15) is 4.79 Å². The van der Waals surface area contributed by atoms with Crippen LogP contribution in [0.5, 0.6) is 0 Å². The molecule has 1 saturated heterocycles. The van der Waals surface area contributed by atoms with E-state index in [-0.39, 0.29) is 12.5 Å². The van der Waals surface area contributed by atoms with E-state index in [1.807, 2.05) is 4.90 Å². The highest BCUT2D eigenvalue weighted by Crippen LogP contribution is 2.18. The number of aliphatic hydroxyl groups is 1. The largest absolute Gasteiger partial charge is 0.396 e. The summed E-state index contributed by atoms with van der Waals surface area (Å²) in [5.41, 5.74) is 0. The molecular weight excluding hydrogens is 190 g/mol. The molecule has 1 rings (SSSR count). The normalized spacial score (nSPS) is 23.9. The van der Waals surface area contributed by atoms with Crippen molar-refractivity contribution >= 4 is 5.91 Å². The fraction of sp³-hybridized carbons (Fsp3) is 0.917. The number of likely N-dealkylation sites (tertiary alicyclic amines) is 1. The Morgan fingerprint density at radius 2 is 2.33 bits per heavy atom. The summed E-state index contributed by atoms with van der Waals surface area (Å²) in [6.07, 6.45) is 3.82. The van der Waals surface area contributed by atoms with E-state index in [0.29, 0.717) is 18.3 Å². The maximum Gasteiger partial charge on any atom is 0.222 e. The Hall–Kier alpha value is -0.570. The van der Waals surface area contributed by atoms with Gasteiger partial charge in [0.25, 0.3) is 0 Å². The molecule has 0 aromatic rings. The van der Waals surface area contributed by atoms with Crippen molar-refractivity contribution < 1.29 is 9.90 Å². The minimum atomic E-state index is 0.215. The molecule has 0 saturated carbocycles. The van der Waals surface area contributed by atoms with Crippen LogP contribution in [0.4, 0.5) is 0 Å². The highest BCUT2D eigenvalue weighted by molar-refractivity contribution is 5.76. The average Bonchev–Trinajstić information content (AvgIpc) is 2.28. The molecule has 88 valence electrons. The molecule has 1 aliphatic heterocycles. The first-order valence-corrected chi connectivity index (χ1v) is 6.06. The van der Waals surface area contributed by atoms with E-state index in [2.05, 4.69) is 13.8 Å². The van der Waals surface area contributed by atoms with E-state index in [0.717, 1.165) is 32.4 Å². The van der Waals surface area contributed by atoms with Gasteiger partial charge < -0.3 is 10.0 Å². The van der Waals surface area contributed by atoms with Crippen LogP contribution in [0.3, 0.4) is 0 Å². The number of carbonyl (C=O) groups is 1. The first-order chi connectivity index (χ1) is 7.17. The third kappa shape index (κ3) is 3.82. The van der Waals surface area contributed by atoms with Crippen molar-refractivity contribution in [1.29, 1.82) is 0 Å². The molecular formula is C12H23NO2. The Morgan fingerprint density at radius 1 is 1.60 bits per heavy atom. The summed E-state index contributed by atoms with van der Waals surface area (Å²) >= 11 is 0. The number of hydrogen-bond donors (Lipinski definition) is 1. The number of aliphatic hydroxyl groups excluding tert-OH is 1. The van der Waals surface area contributed by atoms with E-state index in [1.54, 1.807) is 0 Å². The molecule has 1 aliphatic rings. The van der Waals surface area contributed by atoms with Gasteiger partial charge in [0.15, 0.2) is 0 Å². The predicted molar refractivity (Wildman–Crippen MR) is 60.5 cm³/mol. The van der Waals surface area contributed by atoms with Crippen LogP contribution in [-0.4, -0.2) is 35.6 Å². The topological polar surface area (TPSA) is 40.5 Å². The Labute approximate surface area is 92.5 Å². The molecule has 1 heterocycles. The molecule has 0 aromatic carbocycles. The number of nitrogens with zero attached hydrogens (tertiary/aromatic N) is 1. The molecule has 0 spiro atoms. The molecule has 0 aliphatic carbocycles. The van der Waals surface area contributed by atoms with Crippen LogP contribution in [-0.2, 0) is 4.79 Å². The molecule has 3 nitrogen and oxygen atoms in total. The van der Waals surface area contributed by atoms with Crippen LogP contribution < -0.4 is 0 Å². The Bertz CT molecular complexity index is 206. The van der Waals surface area contributed by atoms with Crippen molar-refractivity contribution in [3.63, 3.8) is 0 Å². The van der Waals surface area contributed by atoms with Crippen LogP contribution in [0.15, 0.2) is 0 Å². The molecule has 1 fully saturated rings. The summed E-state index contributed by atoms with van der Waals surface area (Å²) in [5, 5.41) is 9.08. The predicted octanol–water partition coefficient (Wildman–Crippen LogP) is 1.65. The molecule has 0 aromatic heterocycles. The lowest BCUT2D eigenvalue weighted by Gasteiger charge is -2.32. The molecule has 3 heteroatoms. The second kappa shape index (κ2) is 6.11. The van der Waals surface area contributed by atoms with Crippen molar-refractivity contribution in [2.75, 3.05) is 19.7 Å². The summed E-state index contributed by atoms with van der Waals surface area (Å²) in [6, 6.07) is 0. The molecule has 2 atom stereocenters.